The lowest BCUT2D eigenvalue weighted by atomic mass is 9.80. The number of rotatable bonds is 2. The lowest BCUT2D eigenvalue weighted by Crippen LogP contribution is -2.35. The zero-order chi connectivity index (χ0) is 10.3. The fourth-order valence-electron chi connectivity index (χ4n) is 3.12. The Morgan fingerprint density at radius 2 is 2.14 bits per heavy atom. The summed E-state index contributed by atoms with van der Waals surface area (Å²) in [5, 5.41) is 9.06. The quantitative estimate of drug-likeness (QED) is 0.730. The molecule has 0 spiro atoms. The van der Waals surface area contributed by atoms with Crippen LogP contribution in [0, 0.1) is 11.8 Å². The maximum atomic E-state index is 11.0. The summed E-state index contributed by atoms with van der Waals surface area (Å²) in [5.41, 5.74) is 0. The number of fused-ring (bicyclic) bond motifs is 2. The second kappa shape index (κ2) is 3.54. The molecule has 2 aliphatic rings. The Kier molecular flexibility index (Phi) is 2.52. The summed E-state index contributed by atoms with van der Waals surface area (Å²) in [7, 11) is 0. The number of carboxylic acid groups (broad SMARTS) is 1. The molecule has 3 nitrogen and oxygen atoms in total. The number of hydrogen-bond donors (Lipinski definition) is 1. The summed E-state index contributed by atoms with van der Waals surface area (Å²) < 4.78 is 0. The van der Waals surface area contributed by atoms with Gasteiger partial charge in [-0.3, -0.25) is 9.69 Å². The largest absolute Gasteiger partial charge is 0.481 e. The fraction of sp³-hybridized carbons (Fsp3) is 0.909. The number of hydrogen-bond acceptors (Lipinski definition) is 2. The van der Waals surface area contributed by atoms with Crippen molar-refractivity contribution in [2.24, 2.45) is 11.8 Å². The summed E-state index contributed by atoms with van der Waals surface area (Å²) in [5.74, 6) is -0.247. The smallest absolute Gasteiger partial charge is 0.306 e. The lowest BCUT2D eigenvalue weighted by Gasteiger charge is -2.28. The molecule has 3 heteroatoms. The fourth-order valence-corrected chi connectivity index (χ4v) is 3.12. The third-order valence-corrected chi connectivity index (χ3v) is 3.85. The molecule has 0 aromatic heterocycles. The van der Waals surface area contributed by atoms with Crippen LogP contribution in [-0.2, 0) is 4.79 Å². The van der Waals surface area contributed by atoms with Gasteiger partial charge in [0.2, 0.25) is 0 Å². The predicted octanol–water partition coefficient (Wildman–Crippen LogP) is 1.58. The van der Waals surface area contributed by atoms with Gasteiger partial charge in [-0.05, 0) is 39.0 Å². The van der Waals surface area contributed by atoms with Crippen LogP contribution in [0.5, 0.6) is 0 Å². The molecule has 1 aliphatic carbocycles. The van der Waals surface area contributed by atoms with Gasteiger partial charge in [-0.25, -0.2) is 0 Å². The minimum atomic E-state index is -0.584. The molecule has 1 aliphatic heterocycles. The highest BCUT2D eigenvalue weighted by atomic mass is 16.4. The summed E-state index contributed by atoms with van der Waals surface area (Å²) >= 11 is 0. The van der Waals surface area contributed by atoms with Gasteiger partial charge in [-0.2, -0.15) is 0 Å². The van der Waals surface area contributed by atoms with E-state index in [1.165, 1.54) is 0 Å². The van der Waals surface area contributed by atoms with E-state index in [4.69, 9.17) is 5.11 Å². The summed E-state index contributed by atoms with van der Waals surface area (Å²) in [6.45, 7) is 5.41. The van der Waals surface area contributed by atoms with E-state index in [0.717, 1.165) is 25.8 Å². The Morgan fingerprint density at radius 3 is 2.71 bits per heavy atom. The molecule has 1 heterocycles. The van der Waals surface area contributed by atoms with Gasteiger partial charge in [0.25, 0.3) is 0 Å². The molecule has 0 aromatic carbocycles. The van der Waals surface area contributed by atoms with Crippen LogP contribution in [0.2, 0.25) is 0 Å². The van der Waals surface area contributed by atoms with E-state index in [2.05, 4.69) is 18.7 Å². The van der Waals surface area contributed by atoms with E-state index >= 15 is 0 Å². The van der Waals surface area contributed by atoms with Crippen molar-refractivity contribution in [3.63, 3.8) is 0 Å². The molecule has 1 N–H and O–H groups in total. The third-order valence-electron chi connectivity index (χ3n) is 3.85. The monoisotopic (exact) mass is 197 g/mol. The molecule has 2 rings (SSSR count). The van der Waals surface area contributed by atoms with E-state index in [1.807, 2.05) is 0 Å². The van der Waals surface area contributed by atoms with Crippen LogP contribution in [0.4, 0.5) is 0 Å². The molecular weight excluding hydrogens is 178 g/mol. The van der Waals surface area contributed by atoms with Crippen LogP contribution in [0.25, 0.3) is 0 Å². The lowest BCUT2D eigenvalue weighted by molar-refractivity contribution is -0.144. The highest BCUT2D eigenvalue weighted by molar-refractivity contribution is 5.70. The number of carbonyl (C=O) groups is 1. The topological polar surface area (TPSA) is 40.5 Å². The van der Waals surface area contributed by atoms with E-state index in [1.54, 1.807) is 0 Å². The average Bonchev–Trinajstić information content (AvgIpc) is 2.43. The van der Waals surface area contributed by atoms with Crippen molar-refractivity contribution in [2.75, 3.05) is 6.54 Å². The van der Waals surface area contributed by atoms with Gasteiger partial charge in [0.15, 0.2) is 0 Å². The van der Waals surface area contributed by atoms with Gasteiger partial charge in [0.05, 0.1) is 5.92 Å². The maximum Gasteiger partial charge on any atom is 0.306 e. The van der Waals surface area contributed by atoms with Gasteiger partial charge in [-0.1, -0.05) is 0 Å². The van der Waals surface area contributed by atoms with E-state index in [-0.39, 0.29) is 5.92 Å². The van der Waals surface area contributed by atoms with Crippen molar-refractivity contribution in [2.45, 2.75) is 45.2 Å². The summed E-state index contributed by atoms with van der Waals surface area (Å²) in [4.78, 5) is 13.5. The van der Waals surface area contributed by atoms with Crippen molar-refractivity contribution in [1.29, 1.82) is 0 Å². The molecular formula is C11H19NO2. The minimum absolute atomic E-state index is 0.0741. The van der Waals surface area contributed by atoms with Crippen LogP contribution >= 0.6 is 0 Å². The first-order valence-corrected chi connectivity index (χ1v) is 5.58. The first kappa shape index (κ1) is 9.97. The van der Waals surface area contributed by atoms with Crippen LogP contribution in [0.1, 0.15) is 33.1 Å². The SMILES string of the molecule is CC(C)N1CC2CC1CCC2C(=O)O. The predicted molar refractivity (Wildman–Crippen MR) is 54.1 cm³/mol. The molecule has 14 heavy (non-hydrogen) atoms. The van der Waals surface area contributed by atoms with Crippen molar-refractivity contribution in [3.05, 3.63) is 0 Å². The molecule has 0 aromatic rings. The van der Waals surface area contributed by atoms with Gasteiger partial charge < -0.3 is 5.11 Å². The summed E-state index contributed by atoms with van der Waals surface area (Å²) in [6.07, 6.45) is 3.06. The number of aliphatic carboxylic acids is 1. The standard InChI is InChI=1S/C11H19NO2/c1-7(2)12-6-8-5-9(12)3-4-10(8)11(13)14/h7-10H,3-6H2,1-2H3,(H,13,14). The van der Waals surface area contributed by atoms with Crippen LogP contribution in [0.3, 0.4) is 0 Å². The zero-order valence-corrected chi connectivity index (χ0v) is 8.94. The molecule has 3 unspecified atom stereocenters. The Morgan fingerprint density at radius 1 is 1.43 bits per heavy atom. The first-order chi connectivity index (χ1) is 6.59. The summed E-state index contributed by atoms with van der Waals surface area (Å²) in [6, 6.07) is 1.23. The van der Waals surface area contributed by atoms with Crippen LogP contribution in [0.15, 0.2) is 0 Å². The van der Waals surface area contributed by atoms with Gasteiger partial charge in [-0.15, -0.1) is 0 Å². The van der Waals surface area contributed by atoms with Gasteiger partial charge in [0, 0.05) is 18.6 Å². The van der Waals surface area contributed by atoms with Crippen LogP contribution in [-0.4, -0.2) is 34.6 Å². The second-order valence-electron chi connectivity index (χ2n) is 4.96. The second-order valence-corrected chi connectivity index (χ2v) is 4.96. The van der Waals surface area contributed by atoms with Crippen LogP contribution < -0.4 is 0 Å². The van der Waals surface area contributed by atoms with Crippen molar-refractivity contribution >= 4 is 5.97 Å². The van der Waals surface area contributed by atoms with E-state index < -0.39 is 5.97 Å². The molecule has 0 amide bonds. The minimum Gasteiger partial charge on any atom is -0.481 e. The Hall–Kier alpha value is -0.570. The van der Waals surface area contributed by atoms with Crippen molar-refractivity contribution in [1.82, 2.24) is 4.90 Å². The Labute approximate surface area is 85.1 Å². The van der Waals surface area contributed by atoms with Crippen molar-refractivity contribution < 1.29 is 9.90 Å². The highest BCUT2D eigenvalue weighted by Crippen LogP contribution is 2.40. The maximum absolute atomic E-state index is 11.0. The highest BCUT2D eigenvalue weighted by Gasteiger charge is 2.43. The average molecular weight is 197 g/mol. The molecule has 2 fully saturated rings. The Bertz CT molecular complexity index is 239. The first-order valence-electron chi connectivity index (χ1n) is 5.58. The molecule has 1 saturated carbocycles. The van der Waals surface area contributed by atoms with Gasteiger partial charge >= 0.3 is 5.97 Å². The molecule has 2 bridgehead atoms. The number of likely N-dealkylation sites (tertiary alicyclic amines) is 1. The number of carboxylic acids is 1. The normalized spacial score (nSPS) is 37.8. The Balaban J connectivity index is 2.07. The molecule has 3 atom stereocenters. The van der Waals surface area contributed by atoms with E-state index in [9.17, 15) is 4.79 Å². The molecule has 1 saturated heterocycles. The third kappa shape index (κ3) is 1.54. The zero-order valence-electron chi connectivity index (χ0n) is 8.94. The number of nitrogens with zero attached hydrogens (tertiary/aromatic N) is 1. The van der Waals surface area contributed by atoms with E-state index in [0.29, 0.717) is 18.0 Å². The van der Waals surface area contributed by atoms with Crippen molar-refractivity contribution in [3.8, 4) is 0 Å². The molecule has 0 radical (unpaired) electrons. The molecule has 80 valence electrons. The van der Waals surface area contributed by atoms with Gasteiger partial charge in [0.1, 0.15) is 0 Å².